The first kappa shape index (κ1) is 39.7. The highest BCUT2D eigenvalue weighted by Gasteiger charge is 2.46. The maximum absolute atomic E-state index is 5.52. The van der Waals surface area contributed by atoms with Crippen molar-refractivity contribution in [2.75, 3.05) is 0 Å². The maximum Gasteiger partial charge on any atom is 0.0788 e. The molecule has 3 nitrogen and oxygen atoms in total. The minimum absolute atomic E-state index is 0.499. The van der Waals surface area contributed by atoms with Gasteiger partial charge in [-0.25, -0.2) is 4.98 Å². The van der Waals surface area contributed by atoms with E-state index in [0.717, 1.165) is 50.0 Å². The standard InChI is InChI=1S/C68H43N3/c1-3-19-47(20-4-1)68(48-21-5-2-6-22-48)58-29-13-7-27-55(58)66-59(68)40-39-57-65(66)56-28-8-14-30-60(56)69-67(57)45-37-35-44(36-38-45)46-41-49(70-61-31-15-9-23-51(61)52-24-10-16-32-62(52)70)43-50(42-46)71-63-33-17-11-25-53(63)54-26-12-18-34-64(54)71/h1-43H. The Morgan fingerprint density at radius 2 is 0.761 bits per heavy atom. The number of pyridine rings is 1. The molecular weight excluding hydrogens is 859 g/mol. The van der Waals surface area contributed by atoms with E-state index in [9.17, 15) is 0 Å². The smallest absolute Gasteiger partial charge is 0.0788 e. The van der Waals surface area contributed by atoms with Crippen molar-refractivity contribution < 1.29 is 0 Å². The molecule has 15 rings (SSSR count). The average molecular weight is 902 g/mol. The first-order valence-corrected chi connectivity index (χ1v) is 24.5. The predicted octanol–water partition coefficient (Wildman–Crippen LogP) is 17.3. The predicted molar refractivity (Wildman–Crippen MR) is 296 cm³/mol. The highest BCUT2D eigenvalue weighted by molar-refractivity contribution is 6.19. The van der Waals surface area contributed by atoms with Crippen LogP contribution in [0.2, 0.25) is 0 Å². The summed E-state index contributed by atoms with van der Waals surface area (Å²) in [5, 5.41) is 8.51. The molecule has 71 heavy (non-hydrogen) atoms. The van der Waals surface area contributed by atoms with Crippen LogP contribution in [0.3, 0.4) is 0 Å². The zero-order chi connectivity index (χ0) is 46.6. The first-order chi connectivity index (χ1) is 35.2. The third kappa shape index (κ3) is 5.69. The molecule has 14 aromatic rings. The molecule has 0 saturated carbocycles. The SMILES string of the molecule is c1ccc(C2(c3ccccc3)c3ccccc3-c3c2ccc2c(-c4ccc(-c5cc(-n6c7ccccc7c7ccccc76)cc(-n6c7ccccc7c7ccccc76)c5)cc4)nc4ccccc4c32)cc1. The molecule has 0 saturated heterocycles. The lowest BCUT2D eigenvalue weighted by Crippen LogP contribution is -2.28. The van der Waals surface area contributed by atoms with Crippen molar-refractivity contribution in [3.8, 4) is 44.9 Å². The molecule has 330 valence electrons. The van der Waals surface area contributed by atoms with E-state index in [1.54, 1.807) is 0 Å². The first-order valence-electron chi connectivity index (χ1n) is 24.5. The van der Waals surface area contributed by atoms with Crippen molar-refractivity contribution in [1.29, 1.82) is 0 Å². The summed E-state index contributed by atoms with van der Waals surface area (Å²) in [5.74, 6) is 0. The highest BCUT2D eigenvalue weighted by atomic mass is 15.0. The van der Waals surface area contributed by atoms with Gasteiger partial charge in [-0.05, 0) is 93.0 Å². The molecule has 3 heteroatoms. The molecule has 0 fully saturated rings. The molecule has 0 bridgehead atoms. The van der Waals surface area contributed by atoms with Crippen LogP contribution in [0.4, 0.5) is 0 Å². The number of hydrogen-bond donors (Lipinski definition) is 0. The van der Waals surface area contributed by atoms with Crippen LogP contribution in [-0.4, -0.2) is 14.1 Å². The van der Waals surface area contributed by atoms with Gasteiger partial charge in [-0.15, -0.1) is 0 Å². The van der Waals surface area contributed by atoms with Gasteiger partial charge in [0.15, 0.2) is 0 Å². The topological polar surface area (TPSA) is 22.8 Å². The molecule has 0 N–H and O–H groups in total. The fourth-order valence-corrected chi connectivity index (χ4v) is 12.4. The number of hydrogen-bond acceptors (Lipinski definition) is 1. The van der Waals surface area contributed by atoms with Crippen LogP contribution in [0.25, 0.3) is 110 Å². The van der Waals surface area contributed by atoms with Gasteiger partial charge in [0.25, 0.3) is 0 Å². The van der Waals surface area contributed by atoms with Gasteiger partial charge in [0, 0.05) is 54.6 Å². The van der Waals surface area contributed by atoms with Gasteiger partial charge in [0.1, 0.15) is 0 Å². The number of aromatic nitrogens is 3. The molecule has 3 heterocycles. The molecule has 0 spiro atoms. The Morgan fingerprint density at radius 1 is 0.310 bits per heavy atom. The Hall–Kier alpha value is -9.31. The fourth-order valence-electron chi connectivity index (χ4n) is 12.4. The van der Waals surface area contributed by atoms with Gasteiger partial charge < -0.3 is 9.13 Å². The molecule has 1 aliphatic carbocycles. The fraction of sp³-hybridized carbons (Fsp3) is 0.0147. The lowest BCUT2D eigenvalue weighted by molar-refractivity contribution is 0.769. The minimum atomic E-state index is -0.499. The Bertz CT molecular complexity index is 4170. The summed E-state index contributed by atoms with van der Waals surface area (Å²) in [6, 6.07) is 95.9. The summed E-state index contributed by atoms with van der Waals surface area (Å²) >= 11 is 0. The second-order valence-electron chi connectivity index (χ2n) is 19.0. The van der Waals surface area contributed by atoms with Crippen molar-refractivity contribution in [2.24, 2.45) is 0 Å². The monoisotopic (exact) mass is 901 g/mol. The van der Waals surface area contributed by atoms with E-state index in [2.05, 4.69) is 270 Å². The number of rotatable bonds is 6. The summed E-state index contributed by atoms with van der Waals surface area (Å²) in [6.07, 6.45) is 0. The number of para-hydroxylation sites is 5. The Labute approximate surface area is 410 Å². The van der Waals surface area contributed by atoms with Crippen molar-refractivity contribution in [2.45, 2.75) is 5.41 Å². The van der Waals surface area contributed by atoms with E-state index in [-0.39, 0.29) is 0 Å². The maximum atomic E-state index is 5.52. The van der Waals surface area contributed by atoms with E-state index >= 15 is 0 Å². The molecule has 0 atom stereocenters. The quantitative estimate of drug-likeness (QED) is 0.152. The third-order valence-electron chi connectivity index (χ3n) is 15.4. The van der Waals surface area contributed by atoms with Gasteiger partial charge in [0.2, 0.25) is 0 Å². The Kier molecular flexibility index (Phi) is 8.57. The lowest BCUT2D eigenvalue weighted by atomic mass is 9.67. The van der Waals surface area contributed by atoms with Crippen LogP contribution in [-0.2, 0) is 5.41 Å². The van der Waals surface area contributed by atoms with Crippen LogP contribution in [0.15, 0.2) is 261 Å². The van der Waals surface area contributed by atoms with Gasteiger partial charge in [-0.3, -0.25) is 0 Å². The van der Waals surface area contributed by atoms with Crippen LogP contribution >= 0.6 is 0 Å². The van der Waals surface area contributed by atoms with Gasteiger partial charge >= 0.3 is 0 Å². The average Bonchev–Trinajstić information content (AvgIpc) is 4.08. The van der Waals surface area contributed by atoms with Crippen LogP contribution in [0.5, 0.6) is 0 Å². The van der Waals surface area contributed by atoms with Crippen molar-refractivity contribution in [3.05, 3.63) is 283 Å². The highest BCUT2D eigenvalue weighted by Crippen LogP contribution is 2.59. The third-order valence-corrected chi connectivity index (χ3v) is 15.4. The number of fused-ring (bicyclic) bond motifs is 13. The second-order valence-corrected chi connectivity index (χ2v) is 19.0. The van der Waals surface area contributed by atoms with Gasteiger partial charge in [-0.2, -0.15) is 0 Å². The van der Waals surface area contributed by atoms with E-state index in [0.29, 0.717) is 0 Å². The zero-order valence-corrected chi connectivity index (χ0v) is 38.7. The molecule has 0 aliphatic heterocycles. The van der Waals surface area contributed by atoms with Gasteiger partial charge in [-0.1, -0.05) is 212 Å². The van der Waals surface area contributed by atoms with Crippen molar-refractivity contribution in [3.63, 3.8) is 0 Å². The van der Waals surface area contributed by atoms with E-state index in [1.807, 2.05) is 0 Å². The molecule has 0 radical (unpaired) electrons. The van der Waals surface area contributed by atoms with E-state index in [1.165, 1.54) is 82.4 Å². The zero-order valence-electron chi connectivity index (χ0n) is 38.7. The van der Waals surface area contributed by atoms with Crippen LogP contribution in [0, 0.1) is 0 Å². The van der Waals surface area contributed by atoms with Crippen LogP contribution in [0.1, 0.15) is 22.3 Å². The Morgan fingerprint density at radius 3 is 1.31 bits per heavy atom. The number of benzene rings is 11. The summed E-state index contributed by atoms with van der Waals surface area (Å²) in [7, 11) is 0. The largest absolute Gasteiger partial charge is 0.309 e. The van der Waals surface area contributed by atoms with Crippen LogP contribution < -0.4 is 0 Å². The molecule has 1 aliphatic rings. The number of nitrogens with zero attached hydrogens (tertiary/aromatic N) is 3. The summed E-state index contributed by atoms with van der Waals surface area (Å²) in [6.45, 7) is 0. The molecular formula is C68H43N3. The van der Waals surface area contributed by atoms with E-state index in [4.69, 9.17) is 4.98 Å². The molecule has 3 aromatic heterocycles. The summed E-state index contributed by atoms with van der Waals surface area (Å²) in [4.78, 5) is 5.52. The van der Waals surface area contributed by atoms with Crippen molar-refractivity contribution >= 4 is 65.3 Å². The normalized spacial score (nSPS) is 12.9. The Balaban J connectivity index is 0.951. The van der Waals surface area contributed by atoms with Crippen molar-refractivity contribution in [1.82, 2.24) is 14.1 Å². The second kappa shape index (κ2) is 15.3. The molecule has 0 unspecified atom stereocenters. The lowest BCUT2D eigenvalue weighted by Gasteiger charge is -2.34. The molecule has 0 amide bonds. The minimum Gasteiger partial charge on any atom is -0.309 e. The van der Waals surface area contributed by atoms with Gasteiger partial charge in [0.05, 0.1) is 38.7 Å². The van der Waals surface area contributed by atoms with E-state index < -0.39 is 5.41 Å². The summed E-state index contributed by atoms with van der Waals surface area (Å²) < 4.78 is 4.87. The molecule has 11 aromatic carbocycles. The summed E-state index contributed by atoms with van der Waals surface area (Å²) in [5.41, 5.74) is 19.4.